The van der Waals surface area contributed by atoms with Crippen LogP contribution in [-0.2, 0) is 14.1 Å². The van der Waals surface area contributed by atoms with Crippen molar-refractivity contribution in [2.24, 2.45) is 14.1 Å². The standard InChI is InChI=1S/C19H16ClN5O2/c1-24-17(14(11-21)18(26)25(2)19(24)27)23-16(15-8-3-4-9-22-15)12-6-5-7-13(20)10-12/h3-10,16,23H,1-2H3. The van der Waals surface area contributed by atoms with Gasteiger partial charge in [0.15, 0.2) is 5.56 Å². The quantitative estimate of drug-likeness (QED) is 0.747. The molecule has 0 spiro atoms. The van der Waals surface area contributed by atoms with Gasteiger partial charge >= 0.3 is 5.69 Å². The van der Waals surface area contributed by atoms with Crippen molar-refractivity contribution in [3.05, 3.63) is 91.3 Å². The zero-order chi connectivity index (χ0) is 19.6. The van der Waals surface area contributed by atoms with Crippen LogP contribution in [0.2, 0.25) is 5.02 Å². The molecule has 1 N–H and O–H groups in total. The molecule has 0 bridgehead atoms. The summed E-state index contributed by atoms with van der Waals surface area (Å²) in [6.07, 6.45) is 1.64. The molecule has 136 valence electrons. The molecule has 8 heteroatoms. The lowest BCUT2D eigenvalue weighted by atomic mass is 10.0. The third-order valence-electron chi connectivity index (χ3n) is 4.22. The molecule has 7 nitrogen and oxygen atoms in total. The average molecular weight is 382 g/mol. The maximum atomic E-state index is 12.4. The minimum Gasteiger partial charge on any atom is -0.358 e. The average Bonchev–Trinajstić information content (AvgIpc) is 2.68. The van der Waals surface area contributed by atoms with Crippen molar-refractivity contribution in [3.63, 3.8) is 0 Å². The molecule has 1 aromatic carbocycles. The zero-order valence-corrected chi connectivity index (χ0v) is 15.4. The topological polar surface area (TPSA) is 92.7 Å². The summed E-state index contributed by atoms with van der Waals surface area (Å²) in [5, 5.41) is 13.2. The Morgan fingerprint density at radius 2 is 1.93 bits per heavy atom. The lowest BCUT2D eigenvalue weighted by Gasteiger charge is -2.22. The van der Waals surface area contributed by atoms with Crippen molar-refractivity contribution in [2.75, 3.05) is 5.32 Å². The molecule has 0 aliphatic rings. The summed E-state index contributed by atoms with van der Waals surface area (Å²) in [6.45, 7) is 0. The fraction of sp³-hybridized carbons (Fsp3) is 0.158. The first-order valence-corrected chi connectivity index (χ1v) is 8.45. The number of halogens is 1. The smallest absolute Gasteiger partial charge is 0.332 e. The van der Waals surface area contributed by atoms with Gasteiger partial charge in [-0.1, -0.05) is 29.8 Å². The fourth-order valence-corrected chi connectivity index (χ4v) is 3.01. The molecule has 0 saturated carbocycles. The molecule has 0 aliphatic heterocycles. The van der Waals surface area contributed by atoms with Gasteiger partial charge < -0.3 is 5.32 Å². The Bertz CT molecular complexity index is 1150. The number of nitrogens with zero attached hydrogens (tertiary/aromatic N) is 4. The summed E-state index contributed by atoms with van der Waals surface area (Å²) in [4.78, 5) is 29.0. The van der Waals surface area contributed by atoms with Gasteiger partial charge in [0, 0.05) is 25.3 Å². The Kier molecular flexibility index (Phi) is 5.10. The van der Waals surface area contributed by atoms with Crippen molar-refractivity contribution < 1.29 is 0 Å². The monoisotopic (exact) mass is 381 g/mol. The summed E-state index contributed by atoms with van der Waals surface area (Å²) in [6, 6.07) is 13.9. The van der Waals surface area contributed by atoms with Crippen molar-refractivity contribution in [3.8, 4) is 6.07 Å². The highest BCUT2D eigenvalue weighted by atomic mass is 35.5. The van der Waals surface area contributed by atoms with E-state index in [1.54, 1.807) is 30.5 Å². The molecular weight excluding hydrogens is 366 g/mol. The predicted octanol–water partition coefficient (Wildman–Crippen LogP) is 2.21. The Morgan fingerprint density at radius 3 is 2.56 bits per heavy atom. The molecule has 0 amide bonds. The minimum absolute atomic E-state index is 0.126. The number of pyridine rings is 1. The SMILES string of the molecule is Cn1c(NC(c2cccc(Cl)c2)c2ccccn2)c(C#N)c(=O)n(C)c1=O. The number of rotatable bonds is 4. The number of hydrogen-bond acceptors (Lipinski definition) is 5. The number of hydrogen-bond donors (Lipinski definition) is 1. The van der Waals surface area contributed by atoms with E-state index in [4.69, 9.17) is 11.6 Å². The molecule has 3 aromatic rings. The van der Waals surface area contributed by atoms with Crippen LogP contribution < -0.4 is 16.6 Å². The van der Waals surface area contributed by atoms with E-state index in [1.807, 2.05) is 24.3 Å². The Hall–Kier alpha value is -3.37. The van der Waals surface area contributed by atoms with E-state index >= 15 is 0 Å². The van der Waals surface area contributed by atoms with E-state index in [1.165, 1.54) is 18.7 Å². The van der Waals surface area contributed by atoms with E-state index in [2.05, 4.69) is 10.3 Å². The van der Waals surface area contributed by atoms with Gasteiger partial charge in [-0.05, 0) is 29.8 Å². The molecular formula is C19H16ClN5O2. The number of benzene rings is 1. The molecule has 2 aromatic heterocycles. The van der Waals surface area contributed by atoms with Gasteiger partial charge in [0.2, 0.25) is 0 Å². The maximum Gasteiger partial charge on any atom is 0.332 e. The van der Waals surface area contributed by atoms with E-state index in [-0.39, 0.29) is 11.4 Å². The summed E-state index contributed by atoms with van der Waals surface area (Å²) in [7, 11) is 2.83. The normalized spacial score (nSPS) is 11.6. The van der Waals surface area contributed by atoms with Crippen molar-refractivity contribution in [2.45, 2.75) is 6.04 Å². The van der Waals surface area contributed by atoms with Gasteiger partial charge in [0.1, 0.15) is 11.9 Å². The first kappa shape index (κ1) is 18.4. The number of aromatic nitrogens is 3. The van der Waals surface area contributed by atoms with Crippen LogP contribution in [-0.4, -0.2) is 14.1 Å². The molecule has 0 fully saturated rings. The van der Waals surface area contributed by atoms with Crippen LogP contribution in [0.5, 0.6) is 0 Å². The Morgan fingerprint density at radius 1 is 1.15 bits per heavy atom. The van der Waals surface area contributed by atoms with Crippen molar-refractivity contribution >= 4 is 17.4 Å². The largest absolute Gasteiger partial charge is 0.358 e. The molecule has 0 aliphatic carbocycles. The Balaban J connectivity index is 2.22. The fourth-order valence-electron chi connectivity index (χ4n) is 2.81. The van der Waals surface area contributed by atoms with Gasteiger partial charge in [-0.3, -0.25) is 18.9 Å². The third kappa shape index (κ3) is 3.48. The van der Waals surface area contributed by atoms with Crippen LogP contribution >= 0.6 is 11.6 Å². The van der Waals surface area contributed by atoms with Crippen molar-refractivity contribution in [1.82, 2.24) is 14.1 Å². The second-order valence-electron chi connectivity index (χ2n) is 5.93. The molecule has 27 heavy (non-hydrogen) atoms. The van der Waals surface area contributed by atoms with E-state index in [0.29, 0.717) is 10.7 Å². The van der Waals surface area contributed by atoms with Gasteiger partial charge in [-0.2, -0.15) is 5.26 Å². The van der Waals surface area contributed by atoms with Crippen LogP contribution in [0.25, 0.3) is 0 Å². The molecule has 0 saturated heterocycles. The molecule has 1 atom stereocenters. The van der Waals surface area contributed by atoms with E-state index in [0.717, 1.165) is 10.1 Å². The van der Waals surface area contributed by atoms with Crippen molar-refractivity contribution in [1.29, 1.82) is 5.26 Å². The van der Waals surface area contributed by atoms with E-state index in [9.17, 15) is 14.9 Å². The highest BCUT2D eigenvalue weighted by Gasteiger charge is 2.22. The van der Waals surface area contributed by atoms with Crippen LogP contribution in [0.4, 0.5) is 5.82 Å². The Labute approximate surface area is 160 Å². The summed E-state index contributed by atoms with van der Waals surface area (Å²) >= 11 is 6.13. The number of nitriles is 1. The van der Waals surface area contributed by atoms with Gasteiger partial charge in [-0.25, -0.2) is 4.79 Å². The first-order valence-electron chi connectivity index (χ1n) is 8.07. The molecule has 3 rings (SSSR count). The summed E-state index contributed by atoms with van der Waals surface area (Å²) in [5.41, 5.74) is 0.0823. The van der Waals surface area contributed by atoms with Gasteiger partial charge in [0.25, 0.3) is 5.56 Å². The number of anilines is 1. The van der Waals surface area contributed by atoms with Crippen LogP contribution in [0.3, 0.4) is 0 Å². The van der Waals surface area contributed by atoms with Crippen LogP contribution in [0.1, 0.15) is 22.9 Å². The lowest BCUT2D eigenvalue weighted by Crippen LogP contribution is -2.40. The molecule has 1 unspecified atom stereocenters. The molecule has 2 heterocycles. The predicted molar refractivity (Wildman–Crippen MR) is 103 cm³/mol. The zero-order valence-electron chi connectivity index (χ0n) is 14.7. The third-order valence-corrected chi connectivity index (χ3v) is 4.46. The highest BCUT2D eigenvalue weighted by Crippen LogP contribution is 2.27. The second-order valence-corrected chi connectivity index (χ2v) is 6.36. The highest BCUT2D eigenvalue weighted by molar-refractivity contribution is 6.30. The molecule has 0 radical (unpaired) electrons. The maximum absolute atomic E-state index is 12.4. The lowest BCUT2D eigenvalue weighted by molar-refractivity contribution is 0.679. The minimum atomic E-state index is -0.658. The second kappa shape index (κ2) is 7.48. The van der Waals surface area contributed by atoms with Gasteiger partial charge in [0.05, 0.1) is 11.7 Å². The first-order chi connectivity index (χ1) is 12.9. The van der Waals surface area contributed by atoms with E-state index < -0.39 is 17.3 Å². The summed E-state index contributed by atoms with van der Waals surface area (Å²) < 4.78 is 2.14. The summed E-state index contributed by atoms with van der Waals surface area (Å²) in [5.74, 6) is 0.126. The van der Waals surface area contributed by atoms with Crippen LogP contribution in [0.15, 0.2) is 58.3 Å². The number of nitrogens with one attached hydrogen (secondary N) is 1. The van der Waals surface area contributed by atoms with Crippen LogP contribution in [0, 0.1) is 11.3 Å². The van der Waals surface area contributed by atoms with Gasteiger partial charge in [-0.15, -0.1) is 0 Å².